The number of carbonyl (C=O) groups is 1. The lowest BCUT2D eigenvalue weighted by Gasteiger charge is -2.23. The van der Waals surface area contributed by atoms with E-state index in [0.29, 0.717) is 6.07 Å². The van der Waals surface area contributed by atoms with Crippen molar-refractivity contribution in [3.63, 3.8) is 0 Å². The maximum Gasteiger partial charge on any atom is 0.416 e. The van der Waals surface area contributed by atoms with Gasteiger partial charge in [-0.15, -0.1) is 0 Å². The molecule has 0 aliphatic carbocycles. The van der Waals surface area contributed by atoms with Crippen LogP contribution in [0.3, 0.4) is 0 Å². The summed E-state index contributed by atoms with van der Waals surface area (Å²) in [5.74, 6) is -1.98. The van der Waals surface area contributed by atoms with Crippen molar-refractivity contribution in [1.29, 1.82) is 0 Å². The second-order valence-corrected chi connectivity index (χ2v) is 4.47. The van der Waals surface area contributed by atoms with Crippen LogP contribution in [0, 0.1) is 11.7 Å². The van der Waals surface area contributed by atoms with Crippen molar-refractivity contribution in [2.75, 3.05) is 25.6 Å². The fourth-order valence-electron chi connectivity index (χ4n) is 1.78. The van der Waals surface area contributed by atoms with E-state index in [1.165, 1.54) is 19.1 Å². The molecule has 3 nitrogen and oxygen atoms in total. The predicted molar refractivity (Wildman–Crippen MR) is 65.9 cm³/mol. The molecule has 0 saturated carbocycles. The van der Waals surface area contributed by atoms with Crippen LogP contribution in [-0.4, -0.2) is 26.7 Å². The van der Waals surface area contributed by atoms with Gasteiger partial charge in [-0.05, 0) is 18.2 Å². The average molecular weight is 293 g/mol. The largest absolute Gasteiger partial charge is 0.469 e. The van der Waals surface area contributed by atoms with Crippen molar-refractivity contribution in [1.82, 2.24) is 0 Å². The van der Waals surface area contributed by atoms with E-state index in [1.807, 2.05) is 0 Å². The Morgan fingerprint density at radius 3 is 2.45 bits per heavy atom. The minimum atomic E-state index is -4.59. The molecule has 1 rings (SSSR count). The van der Waals surface area contributed by atoms with Gasteiger partial charge in [0.2, 0.25) is 0 Å². The van der Waals surface area contributed by atoms with Gasteiger partial charge in [-0.25, -0.2) is 4.39 Å². The molecule has 0 radical (unpaired) electrons. The lowest BCUT2D eigenvalue weighted by Crippen LogP contribution is -2.29. The van der Waals surface area contributed by atoms with Gasteiger partial charge in [0, 0.05) is 13.6 Å². The molecule has 0 aliphatic heterocycles. The van der Waals surface area contributed by atoms with Gasteiger partial charge in [-0.2, -0.15) is 13.2 Å². The van der Waals surface area contributed by atoms with E-state index >= 15 is 0 Å². The van der Waals surface area contributed by atoms with Crippen molar-refractivity contribution in [2.24, 2.45) is 5.92 Å². The first-order valence-corrected chi connectivity index (χ1v) is 5.82. The standard InChI is InChI=1S/C13H15F4NO2/c1-8(12(19)20-3)7-18(2)11-5-4-9(6-10(11)14)13(15,16)17/h4-6,8H,7H2,1-3H3. The van der Waals surface area contributed by atoms with Crippen LogP contribution in [0.1, 0.15) is 12.5 Å². The lowest BCUT2D eigenvalue weighted by molar-refractivity contribution is -0.144. The van der Waals surface area contributed by atoms with Gasteiger partial charge in [0.25, 0.3) is 0 Å². The second kappa shape index (κ2) is 6.11. The van der Waals surface area contributed by atoms with Gasteiger partial charge in [0.1, 0.15) is 5.82 Å². The number of benzene rings is 1. The number of ether oxygens (including phenoxy) is 1. The summed E-state index contributed by atoms with van der Waals surface area (Å²) in [7, 11) is 2.72. The molecule has 7 heteroatoms. The topological polar surface area (TPSA) is 29.5 Å². The number of methoxy groups -OCH3 is 1. The van der Waals surface area contributed by atoms with Crippen molar-refractivity contribution < 1.29 is 27.1 Å². The van der Waals surface area contributed by atoms with Crippen molar-refractivity contribution in [3.05, 3.63) is 29.6 Å². The van der Waals surface area contributed by atoms with Gasteiger partial charge < -0.3 is 9.64 Å². The van der Waals surface area contributed by atoms with E-state index in [4.69, 9.17) is 0 Å². The Morgan fingerprint density at radius 2 is 2.00 bits per heavy atom. The third kappa shape index (κ3) is 3.85. The number of anilines is 1. The number of halogens is 4. The molecular weight excluding hydrogens is 278 g/mol. The van der Waals surface area contributed by atoms with Gasteiger partial charge in [-0.3, -0.25) is 4.79 Å². The van der Waals surface area contributed by atoms with E-state index in [2.05, 4.69) is 4.74 Å². The fraction of sp³-hybridized carbons (Fsp3) is 0.462. The number of rotatable bonds is 4. The van der Waals surface area contributed by atoms with E-state index in [-0.39, 0.29) is 12.2 Å². The summed E-state index contributed by atoms with van der Waals surface area (Å²) < 4.78 is 55.5. The summed E-state index contributed by atoms with van der Waals surface area (Å²) in [5.41, 5.74) is -1.05. The minimum absolute atomic E-state index is 0.00578. The van der Waals surface area contributed by atoms with Crippen LogP contribution in [0.25, 0.3) is 0 Å². The normalized spacial score (nSPS) is 12.9. The molecule has 1 aromatic rings. The molecule has 20 heavy (non-hydrogen) atoms. The Morgan fingerprint density at radius 1 is 1.40 bits per heavy atom. The maximum atomic E-state index is 13.7. The predicted octanol–water partition coefficient (Wildman–Crippen LogP) is 3.09. The summed E-state index contributed by atoms with van der Waals surface area (Å²) in [6, 6.07) is 2.29. The number of hydrogen-bond acceptors (Lipinski definition) is 3. The highest BCUT2D eigenvalue weighted by Crippen LogP contribution is 2.32. The van der Waals surface area contributed by atoms with E-state index in [0.717, 1.165) is 12.1 Å². The molecule has 1 aromatic carbocycles. The zero-order valence-corrected chi connectivity index (χ0v) is 11.3. The molecule has 0 N–H and O–H groups in total. The first kappa shape index (κ1) is 16.3. The second-order valence-electron chi connectivity index (χ2n) is 4.47. The smallest absolute Gasteiger partial charge is 0.416 e. The molecule has 0 aromatic heterocycles. The summed E-state index contributed by atoms with van der Waals surface area (Å²) in [4.78, 5) is 12.6. The van der Waals surface area contributed by atoms with E-state index < -0.39 is 29.4 Å². The number of carbonyl (C=O) groups excluding carboxylic acids is 1. The first-order valence-electron chi connectivity index (χ1n) is 5.82. The van der Waals surface area contributed by atoms with Gasteiger partial charge in [-0.1, -0.05) is 6.92 Å². The Bertz CT molecular complexity index is 488. The molecule has 112 valence electrons. The van der Waals surface area contributed by atoms with E-state index in [9.17, 15) is 22.4 Å². The fourth-order valence-corrected chi connectivity index (χ4v) is 1.78. The molecule has 0 aliphatic rings. The number of esters is 1. The van der Waals surface area contributed by atoms with Gasteiger partial charge in [0.05, 0.1) is 24.3 Å². The number of alkyl halides is 3. The summed E-state index contributed by atoms with van der Waals surface area (Å²) in [5, 5.41) is 0. The van der Waals surface area contributed by atoms with Crippen molar-refractivity contribution >= 4 is 11.7 Å². The molecular formula is C13H15F4NO2. The maximum absolute atomic E-state index is 13.7. The minimum Gasteiger partial charge on any atom is -0.469 e. The van der Waals surface area contributed by atoms with Crippen molar-refractivity contribution in [3.8, 4) is 0 Å². The van der Waals surface area contributed by atoms with E-state index in [1.54, 1.807) is 6.92 Å². The quantitative estimate of drug-likeness (QED) is 0.631. The highest BCUT2D eigenvalue weighted by Gasteiger charge is 2.31. The Hall–Kier alpha value is -1.79. The third-order valence-corrected chi connectivity index (χ3v) is 2.84. The third-order valence-electron chi connectivity index (χ3n) is 2.84. The van der Waals surface area contributed by atoms with Crippen LogP contribution in [0.15, 0.2) is 18.2 Å². The highest BCUT2D eigenvalue weighted by atomic mass is 19.4. The van der Waals surface area contributed by atoms with Gasteiger partial charge in [0.15, 0.2) is 0 Å². The zero-order valence-electron chi connectivity index (χ0n) is 11.3. The Labute approximate surface area is 114 Å². The van der Waals surface area contributed by atoms with Crippen LogP contribution < -0.4 is 4.90 Å². The van der Waals surface area contributed by atoms with Crippen LogP contribution in [0.5, 0.6) is 0 Å². The van der Waals surface area contributed by atoms with Crippen LogP contribution in [-0.2, 0) is 15.7 Å². The molecule has 0 fully saturated rings. The summed E-state index contributed by atoms with van der Waals surface area (Å²) in [6.45, 7) is 1.72. The molecule has 0 saturated heterocycles. The first-order chi connectivity index (χ1) is 9.16. The van der Waals surface area contributed by atoms with Gasteiger partial charge >= 0.3 is 12.1 Å². The molecule has 0 heterocycles. The van der Waals surface area contributed by atoms with Crippen LogP contribution >= 0.6 is 0 Å². The SMILES string of the molecule is COC(=O)C(C)CN(C)c1ccc(C(F)(F)F)cc1F. The molecule has 0 bridgehead atoms. The summed E-state index contributed by atoms with van der Waals surface area (Å²) in [6.07, 6.45) is -4.59. The lowest BCUT2D eigenvalue weighted by atomic mass is 10.1. The number of hydrogen-bond donors (Lipinski definition) is 0. The van der Waals surface area contributed by atoms with Crippen molar-refractivity contribution in [2.45, 2.75) is 13.1 Å². The zero-order chi connectivity index (χ0) is 15.5. The van der Waals surface area contributed by atoms with Crippen LogP contribution in [0.4, 0.5) is 23.2 Å². The molecule has 0 spiro atoms. The molecule has 1 atom stereocenters. The number of nitrogens with zero attached hydrogens (tertiary/aromatic N) is 1. The Balaban J connectivity index is 2.89. The summed E-state index contributed by atoms with van der Waals surface area (Å²) >= 11 is 0. The molecule has 0 amide bonds. The average Bonchev–Trinajstić information content (AvgIpc) is 2.36. The Kier molecular flexibility index (Phi) is 4.97. The highest BCUT2D eigenvalue weighted by molar-refractivity contribution is 5.72. The van der Waals surface area contributed by atoms with Crippen LogP contribution in [0.2, 0.25) is 0 Å². The molecule has 1 unspecified atom stereocenters. The monoisotopic (exact) mass is 293 g/mol.